The molecule has 0 bridgehead atoms. The molecule has 0 spiro atoms. The van der Waals surface area contributed by atoms with E-state index < -0.39 is 5.97 Å². The molecule has 0 aliphatic carbocycles. The number of Topliss-reactive ketones (excluding diaryl/α,β-unsaturated/α-hetero) is 1. The Morgan fingerprint density at radius 3 is 2.19 bits per heavy atom. The van der Waals surface area contributed by atoms with Gasteiger partial charge in [0.05, 0.1) is 11.6 Å². The summed E-state index contributed by atoms with van der Waals surface area (Å²) < 4.78 is 0. The molecule has 1 atom stereocenters. The van der Waals surface area contributed by atoms with Crippen molar-refractivity contribution in [1.82, 2.24) is 0 Å². The molecule has 0 amide bonds. The van der Waals surface area contributed by atoms with E-state index in [0.717, 1.165) is 11.3 Å². The normalized spacial score (nSPS) is 11.7. The number of benzene rings is 2. The molecule has 2 N–H and O–H groups in total. The highest BCUT2D eigenvalue weighted by atomic mass is 16.4. The summed E-state index contributed by atoms with van der Waals surface area (Å²) in [6, 6.07) is 16.1. The van der Waals surface area contributed by atoms with Gasteiger partial charge in [-0.25, -0.2) is 4.79 Å². The zero-order chi connectivity index (χ0) is 15.2. The van der Waals surface area contributed by atoms with Crippen LogP contribution in [-0.2, 0) is 4.79 Å². The monoisotopic (exact) mass is 283 g/mol. The lowest BCUT2D eigenvalue weighted by Gasteiger charge is -2.19. The van der Waals surface area contributed by atoms with Crippen molar-refractivity contribution in [3.63, 3.8) is 0 Å². The van der Waals surface area contributed by atoms with Crippen molar-refractivity contribution in [3.05, 3.63) is 65.7 Å². The minimum Gasteiger partial charge on any atom is -0.478 e. The van der Waals surface area contributed by atoms with Crippen molar-refractivity contribution in [2.45, 2.75) is 19.4 Å². The maximum atomic E-state index is 11.4. The SMILES string of the molecule is CC(=O)CC(Nc1ccc(C(=O)O)cc1)c1ccccc1. The number of aromatic carboxylic acids is 1. The zero-order valence-electron chi connectivity index (χ0n) is 11.7. The highest BCUT2D eigenvalue weighted by Crippen LogP contribution is 2.23. The molecule has 2 aromatic rings. The van der Waals surface area contributed by atoms with Gasteiger partial charge in [0.1, 0.15) is 5.78 Å². The fraction of sp³-hybridized carbons (Fsp3) is 0.176. The van der Waals surface area contributed by atoms with Crippen LogP contribution in [0.15, 0.2) is 54.6 Å². The van der Waals surface area contributed by atoms with E-state index in [1.54, 1.807) is 31.2 Å². The van der Waals surface area contributed by atoms with Gasteiger partial charge in [0.25, 0.3) is 0 Å². The van der Waals surface area contributed by atoms with E-state index in [-0.39, 0.29) is 17.4 Å². The number of rotatable bonds is 6. The number of nitrogens with one attached hydrogen (secondary N) is 1. The van der Waals surface area contributed by atoms with Crippen LogP contribution in [-0.4, -0.2) is 16.9 Å². The molecule has 1 unspecified atom stereocenters. The van der Waals surface area contributed by atoms with E-state index in [0.29, 0.717) is 6.42 Å². The summed E-state index contributed by atoms with van der Waals surface area (Å²) >= 11 is 0. The van der Waals surface area contributed by atoms with E-state index in [1.165, 1.54) is 0 Å². The Hall–Kier alpha value is -2.62. The molecule has 0 saturated heterocycles. The topological polar surface area (TPSA) is 66.4 Å². The number of carboxylic acids is 1. The lowest BCUT2D eigenvalue weighted by atomic mass is 10.0. The van der Waals surface area contributed by atoms with Crippen molar-refractivity contribution in [1.29, 1.82) is 0 Å². The summed E-state index contributed by atoms with van der Waals surface area (Å²) in [5, 5.41) is 12.2. The molecule has 0 aromatic heterocycles. The smallest absolute Gasteiger partial charge is 0.335 e. The molecule has 0 radical (unpaired) electrons. The van der Waals surface area contributed by atoms with Crippen LogP contribution in [0.25, 0.3) is 0 Å². The third kappa shape index (κ3) is 4.18. The van der Waals surface area contributed by atoms with Crippen LogP contribution in [0.2, 0.25) is 0 Å². The van der Waals surface area contributed by atoms with Crippen molar-refractivity contribution in [2.75, 3.05) is 5.32 Å². The van der Waals surface area contributed by atoms with E-state index >= 15 is 0 Å². The first-order valence-corrected chi connectivity index (χ1v) is 6.70. The summed E-state index contributed by atoms with van der Waals surface area (Å²) in [6.07, 6.45) is 0.380. The molecular weight excluding hydrogens is 266 g/mol. The summed E-state index contributed by atoms with van der Waals surface area (Å²) in [7, 11) is 0. The van der Waals surface area contributed by atoms with Gasteiger partial charge in [-0.15, -0.1) is 0 Å². The first-order valence-electron chi connectivity index (χ1n) is 6.70. The van der Waals surface area contributed by atoms with Gasteiger partial charge in [0, 0.05) is 12.1 Å². The number of carboxylic acid groups (broad SMARTS) is 1. The van der Waals surface area contributed by atoms with Crippen LogP contribution in [0.1, 0.15) is 35.3 Å². The third-order valence-electron chi connectivity index (χ3n) is 3.17. The molecule has 0 heterocycles. The Morgan fingerprint density at radius 2 is 1.67 bits per heavy atom. The summed E-state index contributed by atoms with van der Waals surface area (Å²) in [6.45, 7) is 1.56. The molecule has 21 heavy (non-hydrogen) atoms. The van der Waals surface area contributed by atoms with Crippen LogP contribution in [0.5, 0.6) is 0 Å². The van der Waals surface area contributed by atoms with E-state index in [9.17, 15) is 9.59 Å². The molecule has 4 nitrogen and oxygen atoms in total. The number of anilines is 1. The number of carbonyl (C=O) groups excluding carboxylic acids is 1. The standard InChI is InChI=1S/C17H17NO3/c1-12(19)11-16(13-5-3-2-4-6-13)18-15-9-7-14(8-10-15)17(20)21/h2-10,16,18H,11H2,1H3,(H,20,21). The van der Waals surface area contributed by atoms with Crippen LogP contribution in [0.4, 0.5) is 5.69 Å². The first kappa shape index (κ1) is 14.8. The Morgan fingerprint density at radius 1 is 1.05 bits per heavy atom. The molecular formula is C17H17NO3. The average Bonchev–Trinajstić information content (AvgIpc) is 2.47. The molecule has 108 valence electrons. The van der Waals surface area contributed by atoms with E-state index in [4.69, 9.17) is 5.11 Å². The van der Waals surface area contributed by atoms with E-state index in [2.05, 4.69) is 5.32 Å². The largest absolute Gasteiger partial charge is 0.478 e. The highest BCUT2D eigenvalue weighted by molar-refractivity contribution is 5.88. The number of hydrogen-bond donors (Lipinski definition) is 2. The Balaban J connectivity index is 2.18. The maximum Gasteiger partial charge on any atom is 0.335 e. The van der Waals surface area contributed by atoms with Gasteiger partial charge in [-0.3, -0.25) is 4.79 Å². The Bertz CT molecular complexity index is 620. The quantitative estimate of drug-likeness (QED) is 0.851. The minimum atomic E-state index is -0.954. The van der Waals surface area contributed by atoms with Gasteiger partial charge in [0.15, 0.2) is 0 Å². The van der Waals surface area contributed by atoms with Crippen LogP contribution < -0.4 is 5.32 Å². The second kappa shape index (κ2) is 6.70. The van der Waals surface area contributed by atoms with Gasteiger partial charge in [-0.2, -0.15) is 0 Å². The Labute approximate surface area is 123 Å². The summed E-state index contributed by atoms with van der Waals surface area (Å²) in [4.78, 5) is 22.3. The zero-order valence-corrected chi connectivity index (χ0v) is 11.7. The van der Waals surface area contributed by atoms with Gasteiger partial charge >= 0.3 is 5.97 Å². The first-order chi connectivity index (χ1) is 10.1. The number of carbonyl (C=O) groups is 2. The fourth-order valence-electron chi connectivity index (χ4n) is 2.14. The van der Waals surface area contributed by atoms with Crippen molar-refractivity contribution in [2.24, 2.45) is 0 Å². The van der Waals surface area contributed by atoms with Crippen molar-refractivity contribution < 1.29 is 14.7 Å². The number of hydrogen-bond acceptors (Lipinski definition) is 3. The summed E-state index contributed by atoms with van der Waals surface area (Å²) in [5.74, 6) is -0.858. The van der Waals surface area contributed by atoms with E-state index in [1.807, 2.05) is 30.3 Å². The molecule has 2 rings (SSSR count). The van der Waals surface area contributed by atoms with Gasteiger partial charge in [-0.05, 0) is 36.8 Å². The second-order valence-corrected chi connectivity index (χ2v) is 4.90. The molecule has 0 aliphatic heterocycles. The lowest BCUT2D eigenvalue weighted by Crippen LogP contribution is -2.14. The maximum absolute atomic E-state index is 11.4. The minimum absolute atomic E-state index is 0.0958. The van der Waals surface area contributed by atoms with Gasteiger partial charge in [0.2, 0.25) is 0 Å². The molecule has 2 aromatic carbocycles. The van der Waals surface area contributed by atoms with Crippen molar-refractivity contribution >= 4 is 17.4 Å². The molecule has 0 fully saturated rings. The van der Waals surface area contributed by atoms with Crippen LogP contribution >= 0.6 is 0 Å². The van der Waals surface area contributed by atoms with Gasteiger partial charge in [-0.1, -0.05) is 30.3 Å². The molecule has 0 saturated carbocycles. The lowest BCUT2D eigenvalue weighted by molar-refractivity contribution is -0.117. The highest BCUT2D eigenvalue weighted by Gasteiger charge is 2.13. The van der Waals surface area contributed by atoms with Crippen LogP contribution in [0.3, 0.4) is 0 Å². The third-order valence-corrected chi connectivity index (χ3v) is 3.17. The molecule has 0 aliphatic rings. The second-order valence-electron chi connectivity index (χ2n) is 4.90. The van der Waals surface area contributed by atoms with Crippen LogP contribution in [0, 0.1) is 0 Å². The molecule has 4 heteroatoms. The fourth-order valence-corrected chi connectivity index (χ4v) is 2.14. The predicted octanol–water partition coefficient (Wildman–Crippen LogP) is 3.52. The van der Waals surface area contributed by atoms with Gasteiger partial charge < -0.3 is 10.4 Å². The Kier molecular flexibility index (Phi) is 4.72. The predicted molar refractivity (Wildman–Crippen MR) is 81.5 cm³/mol. The summed E-state index contributed by atoms with van der Waals surface area (Å²) in [5.41, 5.74) is 2.05. The number of ketones is 1. The van der Waals surface area contributed by atoms with Crippen molar-refractivity contribution in [3.8, 4) is 0 Å². The average molecular weight is 283 g/mol.